The second-order valence-corrected chi connectivity index (χ2v) is 4.40. The van der Waals surface area contributed by atoms with Crippen molar-refractivity contribution in [3.8, 4) is 12.3 Å². The lowest BCUT2D eigenvalue weighted by Crippen LogP contribution is -2.46. The van der Waals surface area contributed by atoms with Crippen LogP contribution in [0.15, 0.2) is 18.3 Å². The summed E-state index contributed by atoms with van der Waals surface area (Å²) in [4.78, 5) is 4.23. The van der Waals surface area contributed by atoms with Crippen LogP contribution in [0.4, 0.5) is 5.82 Å². The molecule has 0 aromatic carbocycles. The van der Waals surface area contributed by atoms with E-state index >= 15 is 0 Å². The summed E-state index contributed by atoms with van der Waals surface area (Å²) in [5.74, 6) is 3.43. The van der Waals surface area contributed by atoms with E-state index in [0.717, 1.165) is 50.5 Å². The van der Waals surface area contributed by atoms with Gasteiger partial charge in [0.1, 0.15) is 5.82 Å². The third kappa shape index (κ3) is 4.02. The van der Waals surface area contributed by atoms with Gasteiger partial charge in [-0.2, -0.15) is 0 Å². The van der Waals surface area contributed by atoms with E-state index in [1.54, 1.807) is 6.20 Å². The summed E-state index contributed by atoms with van der Waals surface area (Å²) in [6.45, 7) is 3.72. The van der Waals surface area contributed by atoms with Crippen molar-refractivity contribution in [3.05, 3.63) is 23.9 Å². The number of rotatable bonds is 7. The van der Waals surface area contributed by atoms with Gasteiger partial charge < -0.3 is 15.4 Å². The second-order valence-electron chi connectivity index (χ2n) is 4.40. The Hall–Kier alpha value is -1.57. The molecule has 2 rings (SSSR count). The van der Waals surface area contributed by atoms with Crippen LogP contribution in [0.3, 0.4) is 0 Å². The van der Waals surface area contributed by atoms with Crippen molar-refractivity contribution in [2.24, 2.45) is 0 Å². The van der Waals surface area contributed by atoms with Crippen LogP contribution in [0.25, 0.3) is 0 Å². The molecular formula is C14H19N3O. The second kappa shape index (κ2) is 7.00. The summed E-state index contributed by atoms with van der Waals surface area (Å²) in [5.41, 5.74) is 0.812. The van der Waals surface area contributed by atoms with Crippen LogP contribution in [0, 0.1) is 12.3 Å². The van der Waals surface area contributed by atoms with E-state index in [1.165, 1.54) is 0 Å². The molecule has 96 valence electrons. The molecule has 1 aromatic heterocycles. The molecule has 0 radical (unpaired) electrons. The first kappa shape index (κ1) is 12.9. The molecule has 1 aromatic rings. The van der Waals surface area contributed by atoms with Crippen molar-refractivity contribution < 1.29 is 4.74 Å². The number of hydrogen-bond acceptors (Lipinski definition) is 4. The van der Waals surface area contributed by atoms with Crippen LogP contribution in [0.1, 0.15) is 18.4 Å². The molecule has 2 N–H and O–H groups in total. The van der Waals surface area contributed by atoms with Crippen LogP contribution in [-0.4, -0.2) is 37.3 Å². The van der Waals surface area contributed by atoms with Gasteiger partial charge in [0.15, 0.2) is 0 Å². The van der Waals surface area contributed by atoms with Crippen LogP contribution in [0.2, 0.25) is 0 Å². The first-order chi connectivity index (χ1) is 8.88. The number of nitrogens with zero attached hydrogens (tertiary/aromatic N) is 1. The van der Waals surface area contributed by atoms with Crippen molar-refractivity contribution in [3.63, 3.8) is 0 Å². The monoisotopic (exact) mass is 245 g/mol. The number of terminal acetylenes is 1. The van der Waals surface area contributed by atoms with Gasteiger partial charge in [-0.1, -0.05) is 5.92 Å². The lowest BCUT2D eigenvalue weighted by Gasteiger charge is -2.26. The van der Waals surface area contributed by atoms with E-state index < -0.39 is 0 Å². The minimum atomic E-state index is 0.580. The average molecular weight is 245 g/mol. The Kier molecular flexibility index (Phi) is 5.00. The molecule has 4 nitrogen and oxygen atoms in total. The van der Waals surface area contributed by atoms with Gasteiger partial charge in [0, 0.05) is 18.3 Å². The van der Waals surface area contributed by atoms with Gasteiger partial charge in [-0.3, -0.25) is 0 Å². The molecule has 0 bridgehead atoms. The summed E-state index contributed by atoms with van der Waals surface area (Å²) in [7, 11) is 0. The van der Waals surface area contributed by atoms with Gasteiger partial charge in [-0.25, -0.2) is 4.98 Å². The molecule has 1 fully saturated rings. The molecule has 1 aliphatic heterocycles. The van der Waals surface area contributed by atoms with E-state index in [2.05, 4.69) is 21.5 Å². The average Bonchev–Trinajstić information content (AvgIpc) is 2.36. The zero-order valence-corrected chi connectivity index (χ0v) is 10.5. The van der Waals surface area contributed by atoms with Gasteiger partial charge in [0.05, 0.1) is 19.3 Å². The lowest BCUT2D eigenvalue weighted by molar-refractivity contribution is -0.00493. The van der Waals surface area contributed by atoms with Crippen molar-refractivity contribution in [2.75, 3.05) is 31.6 Å². The zero-order chi connectivity index (χ0) is 12.6. The molecule has 18 heavy (non-hydrogen) atoms. The van der Waals surface area contributed by atoms with Crippen molar-refractivity contribution in [1.82, 2.24) is 10.3 Å². The molecule has 0 saturated carbocycles. The Labute approximate surface area is 108 Å². The fourth-order valence-electron chi connectivity index (χ4n) is 1.71. The van der Waals surface area contributed by atoms with Crippen LogP contribution in [0.5, 0.6) is 0 Å². The molecule has 0 spiro atoms. The van der Waals surface area contributed by atoms with Crippen LogP contribution in [-0.2, 0) is 4.74 Å². The van der Waals surface area contributed by atoms with Crippen molar-refractivity contribution in [1.29, 1.82) is 0 Å². The molecule has 0 aliphatic carbocycles. The molecule has 1 saturated heterocycles. The molecule has 0 unspecified atom stereocenters. The normalized spacial score (nSPS) is 14.8. The SMILES string of the molecule is C#Cc1ccc(NCCCCNC2COC2)nc1. The maximum Gasteiger partial charge on any atom is 0.125 e. The summed E-state index contributed by atoms with van der Waals surface area (Å²) in [6, 6.07) is 4.39. The number of nitrogens with one attached hydrogen (secondary N) is 2. The van der Waals surface area contributed by atoms with Gasteiger partial charge in [0.2, 0.25) is 0 Å². The molecule has 0 amide bonds. The van der Waals surface area contributed by atoms with E-state index in [9.17, 15) is 0 Å². The topological polar surface area (TPSA) is 46.2 Å². The highest BCUT2D eigenvalue weighted by atomic mass is 16.5. The van der Waals surface area contributed by atoms with Gasteiger partial charge >= 0.3 is 0 Å². The predicted molar refractivity (Wildman–Crippen MR) is 72.5 cm³/mol. The Morgan fingerprint density at radius 2 is 2.17 bits per heavy atom. The van der Waals surface area contributed by atoms with Crippen LogP contribution >= 0.6 is 0 Å². The van der Waals surface area contributed by atoms with Gasteiger partial charge in [-0.05, 0) is 31.5 Å². The number of pyridine rings is 1. The maximum atomic E-state index is 5.27. The van der Waals surface area contributed by atoms with E-state index in [4.69, 9.17) is 11.2 Å². The van der Waals surface area contributed by atoms with Gasteiger partial charge in [-0.15, -0.1) is 6.42 Å². The number of ether oxygens (including phenoxy) is 1. The number of hydrogen-bond donors (Lipinski definition) is 2. The quantitative estimate of drug-likeness (QED) is 0.560. The first-order valence-corrected chi connectivity index (χ1v) is 6.36. The fourth-order valence-corrected chi connectivity index (χ4v) is 1.71. The number of aromatic nitrogens is 1. The summed E-state index contributed by atoms with van der Waals surface area (Å²) in [6.07, 6.45) is 9.26. The van der Waals surface area contributed by atoms with Crippen molar-refractivity contribution in [2.45, 2.75) is 18.9 Å². The Balaban J connectivity index is 1.52. The lowest BCUT2D eigenvalue weighted by atomic mass is 10.2. The van der Waals surface area contributed by atoms with E-state index in [-0.39, 0.29) is 0 Å². The molecule has 0 atom stereocenters. The molecule has 1 aliphatic rings. The Morgan fingerprint density at radius 1 is 1.33 bits per heavy atom. The maximum absolute atomic E-state index is 5.27. The van der Waals surface area contributed by atoms with Crippen molar-refractivity contribution >= 4 is 5.82 Å². The molecule has 4 heteroatoms. The molecule has 2 heterocycles. The fraction of sp³-hybridized carbons (Fsp3) is 0.500. The summed E-state index contributed by atoms with van der Waals surface area (Å²) in [5, 5.41) is 6.72. The van der Waals surface area contributed by atoms with Gasteiger partial charge in [0.25, 0.3) is 0 Å². The third-order valence-electron chi connectivity index (χ3n) is 2.91. The Morgan fingerprint density at radius 3 is 2.78 bits per heavy atom. The number of unbranched alkanes of at least 4 members (excludes halogenated alkanes) is 1. The Bertz CT molecular complexity index is 392. The highest BCUT2D eigenvalue weighted by Gasteiger charge is 2.16. The highest BCUT2D eigenvalue weighted by Crippen LogP contribution is 2.04. The molecular weight excluding hydrogens is 226 g/mol. The van der Waals surface area contributed by atoms with E-state index in [1.807, 2.05) is 12.1 Å². The minimum absolute atomic E-state index is 0.580. The van der Waals surface area contributed by atoms with Crippen LogP contribution < -0.4 is 10.6 Å². The first-order valence-electron chi connectivity index (χ1n) is 6.36. The predicted octanol–water partition coefficient (Wildman–Crippen LogP) is 1.24. The summed E-state index contributed by atoms with van der Waals surface area (Å²) < 4.78 is 5.09. The highest BCUT2D eigenvalue weighted by molar-refractivity contribution is 5.39. The standard InChI is InChI=1S/C14H19N3O/c1-2-12-5-6-14(17-9-12)16-8-4-3-7-15-13-10-18-11-13/h1,5-6,9,13,15H,3-4,7-8,10-11H2,(H,16,17). The largest absolute Gasteiger partial charge is 0.378 e. The minimum Gasteiger partial charge on any atom is -0.378 e. The summed E-state index contributed by atoms with van der Waals surface area (Å²) >= 11 is 0. The smallest absolute Gasteiger partial charge is 0.125 e. The van der Waals surface area contributed by atoms with E-state index in [0.29, 0.717) is 6.04 Å². The zero-order valence-electron chi connectivity index (χ0n) is 10.5. The third-order valence-corrected chi connectivity index (χ3v) is 2.91. The number of anilines is 1.